The molecule has 2 bridgehead atoms. The second-order valence-corrected chi connectivity index (χ2v) is 5.01. The van der Waals surface area contributed by atoms with Crippen molar-refractivity contribution in [1.29, 1.82) is 5.26 Å². The minimum Gasteiger partial charge on any atom is -0.285 e. The molecule has 2 heteroatoms. The molecule has 4 rings (SSSR count). The molecule has 2 heterocycles. The Morgan fingerprint density at radius 2 is 1.78 bits per heavy atom. The third-order valence-electron chi connectivity index (χ3n) is 4.14. The van der Waals surface area contributed by atoms with E-state index in [0.717, 1.165) is 17.5 Å². The van der Waals surface area contributed by atoms with Gasteiger partial charge in [-0.2, -0.15) is 5.26 Å². The first kappa shape index (κ1) is 9.87. The Balaban J connectivity index is 2.09. The summed E-state index contributed by atoms with van der Waals surface area (Å²) in [6, 6.07) is 19.4. The summed E-state index contributed by atoms with van der Waals surface area (Å²) in [7, 11) is 0. The van der Waals surface area contributed by atoms with Gasteiger partial charge in [0.2, 0.25) is 0 Å². The Morgan fingerprint density at radius 3 is 2.61 bits per heavy atom. The molecule has 1 N–H and O–H groups in total. The third-order valence-corrected chi connectivity index (χ3v) is 4.14. The van der Waals surface area contributed by atoms with Gasteiger partial charge < -0.3 is 0 Å². The van der Waals surface area contributed by atoms with Gasteiger partial charge in [-0.15, -0.1) is 0 Å². The Bertz CT molecular complexity index is 670. The summed E-state index contributed by atoms with van der Waals surface area (Å²) in [6.07, 6.45) is 0.969. The molecule has 2 aliphatic heterocycles. The third kappa shape index (κ3) is 1.01. The van der Waals surface area contributed by atoms with Gasteiger partial charge in [0.1, 0.15) is 0 Å². The van der Waals surface area contributed by atoms with Crippen LogP contribution in [0.1, 0.15) is 28.3 Å². The maximum absolute atomic E-state index is 9.75. The maximum Gasteiger partial charge on any atom is 0.158 e. The monoisotopic (exact) mass is 232 g/mol. The second-order valence-electron chi connectivity index (χ2n) is 5.01. The van der Waals surface area contributed by atoms with Gasteiger partial charge in [-0.3, -0.25) is 5.32 Å². The first-order chi connectivity index (χ1) is 8.85. The van der Waals surface area contributed by atoms with Gasteiger partial charge in [-0.05, 0) is 28.7 Å². The molecule has 2 aliphatic rings. The summed E-state index contributed by atoms with van der Waals surface area (Å²) in [6.45, 7) is 0. The highest BCUT2D eigenvalue weighted by Gasteiger charge is 2.49. The van der Waals surface area contributed by atoms with E-state index in [0.29, 0.717) is 0 Å². The zero-order valence-corrected chi connectivity index (χ0v) is 9.85. The molecule has 18 heavy (non-hydrogen) atoms. The van der Waals surface area contributed by atoms with Crippen molar-refractivity contribution < 1.29 is 0 Å². The molecule has 2 aromatic carbocycles. The molecule has 2 aromatic rings. The van der Waals surface area contributed by atoms with Crippen LogP contribution in [-0.2, 0) is 12.0 Å². The first-order valence-corrected chi connectivity index (χ1v) is 6.22. The molecule has 0 aromatic heterocycles. The predicted octanol–water partition coefficient (Wildman–Crippen LogP) is 2.65. The number of rotatable bonds is 0. The van der Waals surface area contributed by atoms with Crippen LogP contribution in [0.2, 0.25) is 0 Å². The predicted molar refractivity (Wildman–Crippen MR) is 68.9 cm³/mol. The molecule has 0 aliphatic carbocycles. The Hall–Kier alpha value is -2.11. The molecule has 2 nitrogen and oxygen atoms in total. The van der Waals surface area contributed by atoms with E-state index in [1.165, 1.54) is 11.1 Å². The van der Waals surface area contributed by atoms with Crippen LogP contribution >= 0.6 is 0 Å². The lowest BCUT2D eigenvalue weighted by Crippen LogP contribution is -2.42. The highest BCUT2D eigenvalue weighted by molar-refractivity contribution is 5.58. The number of fused-ring (bicyclic) bond motifs is 7. The van der Waals surface area contributed by atoms with Crippen molar-refractivity contribution in [3.8, 4) is 6.07 Å². The van der Waals surface area contributed by atoms with Gasteiger partial charge in [0.15, 0.2) is 5.54 Å². The van der Waals surface area contributed by atoms with Gasteiger partial charge in [-0.25, -0.2) is 0 Å². The lowest BCUT2D eigenvalue weighted by Gasteiger charge is -2.31. The quantitative estimate of drug-likeness (QED) is 0.758. The average molecular weight is 232 g/mol. The minimum atomic E-state index is -0.643. The fourth-order valence-electron chi connectivity index (χ4n) is 3.38. The van der Waals surface area contributed by atoms with Crippen LogP contribution in [-0.4, -0.2) is 0 Å². The van der Waals surface area contributed by atoms with Crippen molar-refractivity contribution in [3.63, 3.8) is 0 Å². The Labute approximate surface area is 106 Å². The van der Waals surface area contributed by atoms with Gasteiger partial charge in [0, 0.05) is 6.04 Å². The van der Waals surface area contributed by atoms with Crippen LogP contribution in [0.4, 0.5) is 0 Å². The van der Waals surface area contributed by atoms with Crippen molar-refractivity contribution in [3.05, 3.63) is 70.8 Å². The van der Waals surface area contributed by atoms with Gasteiger partial charge in [0.05, 0.1) is 6.07 Å². The van der Waals surface area contributed by atoms with Crippen LogP contribution < -0.4 is 5.32 Å². The van der Waals surface area contributed by atoms with E-state index in [-0.39, 0.29) is 6.04 Å². The van der Waals surface area contributed by atoms with Crippen LogP contribution in [0.15, 0.2) is 48.5 Å². The fraction of sp³-hybridized carbons (Fsp3) is 0.188. The summed E-state index contributed by atoms with van der Waals surface area (Å²) in [5, 5.41) is 13.3. The summed E-state index contributed by atoms with van der Waals surface area (Å²) in [5.74, 6) is 0. The molecule has 0 spiro atoms. The van der Waals surface area contributed by atoms with Crippen LogP contribution in [0.25, 0.3) is 0 Å². The summed E-state index contributed by atoms with van der Waals surface area (Å²) < 4.78 is 0. The van der Waals surface area contributed by atoms with E-state index in [9.17, 15) is 5.26 Å². The molecule has 0 saturated carbocycles. The summed E-state index contributed by atoms with van der Waals surface area (Å²) >= 11 is 0. The number of nitrogens with one attached hydrogen (secondary N) is 1. The van der Waals surface area contributed by atoms with E-state index >= 15 is 0 Å². The zero-order valence-electron chi connectivity index (χ0n) is 9.85. The van der Waals surface area contributed by atoms with Crippen molar-refractivity contribution in [2.45, 2.75) is 18.0 Å². The van der Waals surface area contributed by atoms with Gasteiger partial charge >= 0.3 is 0 Å². The van der Waals surface area contributed by atoms with Gasteiger partial charge in [-0.1, -0.05) is 48.5 Å². The fourth-order valence-corrected chi connectivity index (χ4v) is 3.38. The average Bonchev–Trinajstić information content (AvgIpc) is 2.71. The largest absolute Gasteiger partial charge is 0.285 e. The van der Waals surface area contributed by atoms with Crippen molar-refractivity contribution in [2.24, 2.45) is 0 Å². The summed E-state index contributed by atoms with van der Waals surface area (Å²) in [4.78, 5) is 0. The number of hydrogen-bond acceptors (Lipinski definition) is 2. The molecule has 0 unspecified atom stereocenters. The highest BCUT2D eigenvalue weighted by Crippen LogP contribution is 2.47. The highest BCUT2D eigenvalue weighted by atomic mass is 15.1. The second kappa shape index (κ2) is 3.22. The molecule has 86 valence electrons. The van der Waals surface area contributed by atoms with E-state index in [2.05, 4.69) is 47.8 Å². The van der Waals surface area contributed by atoms with E-state index in [1.807, 2.05) is 12.1 Å². The SMILES string of the molecule is N#C[C@]12N[C@H](Cc3ccccc31)c1ccccc12. The number of nitrogens with zero attached hydrogens (tertiary/aromatic N) is 1. The topological polar surface area (TPSA) is 35.8 Å². The molecular weight excluding hydrogens is 220 g/mol. The normalized spacial score (nSPS) is 27.2. The molecule has 2 atom stereocenters. The maximum atomic E-state index is 9.75. The lowest BCUT2D eigenvalue weighted by molar-refractivity contribution is 0.434. The van der Waals surface area contributed by atoms with Crippen LogP contribution in [0.5, 0.6) is 0 Å². The number of nitriles is 1. The van der Waals surface area contributed by atoms with E-state index in [4.69, 9.17) is 0 Å². The lowest BCUT2D eigenvalue weighted by atomic mass is 9.82. The van der Waals surface area contributed by atoms with Gasteiger partial charge in [0.25, 0.3) is 0 Å². The molecule has 0 fully saturated rings. The smallest absolute Gasteiger partial charge is 0.158 e. The van der Waals surface area contributed by atoms with Crippen molar-refractivity contribution in [2.75, 3.05) is 0 Å². The molecule has 0 saturated heterocycles. The number of hydrogen-bond donors (Lipinski definition) is 1. The standard InChI is InChI=1S/C16H12N2/c17-10-16-13-7-3-1-5-11(13)9-15(18-16)12-6-2-4-8-14(12)16/h1-8,15,18H,9H2/t15-,16+/m1/s1. The number of benzene rings is 2. The Morgan fingerprint density at radius 1 is 1.06 bits per heavy atom. The first-order valence-electron chi connectivity index (χ1n) is 6.22. The minimum absolute atomic E-state index is 0.274. The molecule has 0 radical (unpaired) electrons. The van der Waals surface area contributed by atoms with E-state index in [1.54, 1.807) is 0 Å². The van der Waals surface area contributed by atoms with Crippen molar-refractivity contribution >= 4 is 0 Å². The van der Waals surface area contributed by atoms with Crippen LogP contribution in [0, 0.1) is 11.3 Å². The Kier molecular flexibility index (Phi) is 1.76. The van der Waals surface area contributed by atoms with E-state index < -0.39 is 5.54 Å². The van der Waals surface area contributed by atoms with Crippen molar-refractivity contribution in [1.82, 2.24) is 5.32 Å². The summed E-state index contributed by atoms with van der Waals surface area (Å²) in [5.41, 5.74) is 4.17. The van der Waals surface area contributed by atoms with Crippen LogP contribution in [0.3, 0.4) is 0 Å². The molecule has 0 amide bonds. The molecular formula is C16H12N2. The zero-order chi connectivity index (χ0) is 12.2.